The highest BCUT2D eigenvalue weighted by atomic mass is 127. The molecule has 0 aromatic heterocycles. The lowest BCUT2D eigenvalue weighted by molar-refractivity contribution is -0.115. The van der Waals surface area contributed by atoms with Gasteiger partial charge in [-0.25, -0.2) is 0 Å². The summed E-state index contributed by atoms with van der Waals surface area (Å²) >= 11 is 2.10. The molecule has 0 amide bonds. The summed E-state index contributed by atoms with van der Waals surface area (Å²) in [6.45, 7) is 5.89. The van der Waals surface area contributed by atoms with Gasteiger partial charge in [0.25, 0.3) is 0 Å². The van der Waals surface area contributed by atoms with Gasteiger partial charge in [0.2, 0.25) is 0 Å². The van der Waals surface area contributed by atoms with Gasteiger partial charge in [-0.2, -0.15) is 0 Å². The SMILES string of the molecule is C=C(C)[C@H]1C=C(I)C(=O)CC1. The van der Waals surface area contributed by atoms with Gasteiger partial charge in [-0.3, -0.25) is 4.79 Å². The van der Waals surface area contributed by atoms with E-state index in [0.717, 1.165) is 15.6 Å². The maximum Gasteiger partial charge on any atom is 0.168 e. The Morgan fingerprint density at radius 3 is 2.91 bits per heavy atom. The van der Waals surface area contributed by atoms with Crippen molar-refractivity contribution in [1.29, 1.82) is 0 Å². The highest BCUT2D eigenvalue weighted by Crippen LogP contribution is 2.27. The van der Waals surface area contributed by atoms with Crippen molar-refractivity contribution >= 4 is 28.4 Å². The predicted octanol–water partition coefficient (Wildman–Crippen LogP) is 2.86. The molecule has 1 atom stereocenters. The van der Waals surface area contributed by atoms with Crippen molar-refractivity contribution in [2.45, 2.75) is 19.8 Å². The van der Waals surface area contributed by atoms with Crippen molar-refractivity contribution in [3.05, 3.63) is 21.8 Å². The van der Waals surface area contributed by atoms with Crippen molar-refractivity contribution in [1.82, 2.24) is 0 Å². The number of rotatable bonds is 1. The monoisotopic (exact) mass is 262 g/mol. The molecular formula is C9H11IO. The Morgan fingerprint density at radius 1 is 1.82 bits per heavy atom. The molecule has 0 unspecified atom stereocenters. The van der Waals surface area contributed by atoms with Crippen molar-refractivity contribution in [3.8, 4) is 0 Å². The second kappa shape index (κ2) is 3.52. The molecule has 0 fully saturated rings. The first-order valence-electron chi connectivity index (χ1n) is 3.67. The van der Waals surface area contributed by atoms with Crippen LogP contribution in [0.1, 0.15) is 19.8 Å². The third-order valence-electron chi connectivity index (χ3n) is 1.93. The van der Waals surface area contributed by atoms with Gasteiger partial charge in [-0.1, -0.05) is 18.2 Å². The van der Waals surface area contributed by atoms with Gasteiger partial charge in [0.05, 0.1) is 3.58 Å². The van der Waals surface area contributed by atoms with Crippen LogP contribution in [0.4, 0.5) is 0 Å². The van der Waals surface area contributed by atoms with Gasteiger partial charge in [0.15, 0.2) is 5.78 Å². The molecule has 0 aromatic rings. The molecule has 0 saturated heterocycles. The summed E-state index contributed by atoms with van der Waals surface area (Å²) in [4.78, 5) is 11.1. The second-order valence-corrected chi connectivity index (χ2v) is 4.09. The van der Waals surface area contributed by atoms with E-state index in [9.17, 15) is 4.79 Å². The molecule has 0 heterocycles. The molecular weight excluding hydrogens is 251 g/mol. The quantitative estimate of drug-likeness (QED) is 0.524. The number of carbonyl (C=O) groups excluding carboxylic acids is 1. The minimum atomic E-state index is 0.281. The lowest BCUT2D eigenvalue weighted by Crippen LogP contribution is -2.11. The van der Waals surface area contributed by atoms with E-state index in [0.29, 0.717) is 12.3 Å². The number of halogens is 1. The Bertz CT molecular complexity index is 228. The summed E-state index contributed by atoms with van der Waals surface area (Å²) in [5.41, 5.74) is 1.16. The Hall–Kier alpha value is -0.120. The molecule has 0 aromatic carbocycles. The molecule has 1 aliphatic carbocycles. The minimum Gasteiger partial charge on any atom is -0.294 e. The van der Waals surface area contributed by atoms with E-state index in [-0.39, 0.29) is 5.78 Å². The third-order valence-corrected chi connectivity index (χ3v) is 2.89. The van der Waals surface area contributed by atoms with E-state index >= 15 is 0 Å². The Kier molecular flexibility index (Phi) is 2.87. The van der Waals surface area contributed by atoms with Crippen molar-refractivity contribution < 1.29 is 4.79 Å². The molecule has 0 saturated carbocycles. The van der Waals surface area contributed by atoms with E-state index in [4.69, 9.17) is 0 Å². The van der Waals surface area contributed by atoms with Gasteiger partial charge in [0, 0.05) is 6.42 Å². The first-order valence-corrected chi connectivity index (χ1v) is 4.75. The normalized spacial score (nSPS) is 24.7. The predicted molar refractivity (Wildman–Crippen MR) is 54.6 cm³/mol. The van der Waals surface area contributed by atoms with Crippen LogP contribution in [0.25, 0.3) is 0 Å². The zero-order chi connectivity index (χ0) is 8.43. The van der Waals surface area contributed by atoms with Crippen LogP contribution in [0, 0.1) is 5.92 Å². The van der Waals surface area contributed by atoms with E-state index in [2.05, 4.69) is 29.2 Å². The molecule has 11 heavy (non-hydrogen) atoms. The van der Waals surface area contributed by atoms with Gasteiger partial charge in [0.1, 0.15) is 0 Å². The average molecular weight is 262 g/mol. The maximum atomic E-state index is 11.1. The minimum absolute atomic E-state index is 0.281. The topological polar surface area (TPSA) is 17.1 Å². The van der Waals surface area contributed by atoms with Crippen molar-refractivity contribution in [2.24, 2.45) is 5.92 Å². The van der Waals surface area contributed by atoms with Crippen LogP contribution < -0.4 is 0 Å². The molecule has 0 aliphatic heterocycles. The van der Waals surface area contributed by atoms with Gasteiger partial charge in [-0.15, -0.1) is 0 Å². The smallest absolute Gasteiger partial charge is 0.168 e. The average Bonchev–Trinajstić information content (AvgIpc) is 1.94. The molecule has 2 heteroatoms. The molecule has 0 spiro atoms. The Morgan fingerprint density at radius 2 is 2.45 bits per heavy atom. The first-order chi connectivity index (χ1) is 5.11. The maximum absolute atomic E-state index is 11.1. The molecule has 1 aliphatic rings. The van der Waals surface area contributed by atoms with Crippen molar-refractivity contribution in [3.63, 3.8) is 0 Å². The number of allylic oxidation sites excluding steroid dienone is 3. The Balaban J connectivity index is 2.77. The van der Waals surface area contributed by atoms with Crippen LogP contribution in [-0.2, 0) is 4.79 Å². The van der Waals surface area contributed by atoms with Gasteiger partial charge >= 0.3 is 0 Å². The van der Waals surface area contributed by atoms with Gasteiger partial charge in [-0.05, 0) is 41.9 Å². The highest BCUT2D eigenvalue weighted by Gasteiger charge is 2.18. The lowest BCUT2D eigenvalue weighted by atomic mass is 9.90. The number of Topliss-reactive ketones (excluding diaryl/α,β-unsaturated/α-hetero) is 1. The first kappa shape index (κ1) is 8.97. The lowest BCUT2D eigenvalue weighted by Gasteiger charge is -2.17. The van der Waals surface area contributed by atoms with Crippen LogP contribution in [0.15, 0.2) is 21.8 Å². The van der Waals surface area contributed by atoms with Crippen LogP contribution in [0.5, 0.6) is 0 Å². The van der Waals surface area contributed by atoms with E-state index in [1.807, 2.05) is 13.0 Å². The Labute approximate surface area is 80.7 Å². The summed E-state index contributed by atoms with van der Waals surface area (Å²) in [5.74, 6) is 0.711. The number of hydrogen-bond acceptors (Lipinski definition) is 1. The molecule has 0 bridgehead atoms. The summed E-state index contributed by atoms with van der Waals surface area (Å²) in [5, 5.41) is 0. The van der Waals surface area contributed by atoms with Crippen LogP contribution >= 0.6 is 22.6 Å². The van der Waals surface area contributed by atoms with Crippen LogP contribution in [-0.4, -0.2) is 5.78 Å². The second-order valence-electron chi connectivity index (χ2n) is 2.93. The molecule has 60 valence electrons. The zero-order valence-corrected chi connectivity index (χ0v) is 8.72. The fourth-order valence-electron chi connectivity index (χ4n) is 1.15. The fraction of sp³-hybridized carbons (Fsp3) is 0.444. The number of hydrogen-bond donors (Lipinski definition) is 0. The molecule has 0 radical (unpaired) electrons. The summed E-state index contributed by atoms with van der Waals surface area (Å²) in [6.07, 6.45) is 3.65. The molecule has 1 rings (SSSR count). The summed E-state index contributed by atoms with van der Waals surface area (Å²) in [6, 6.07) is 0. The van der Waals surface area contributed by atoms with Crippen molar-refractivity contribution in [2.75, 3.05) is 0 Å². The highest BCUT2D eigenvalue weighted by molar-refractivity contribution is 14.1. The van der Waals surface area contributed by atoms with Crippen LogP contribution in [0.2, 0.25) is 0 Å². The summed E-state index contributed by atoms with van der Waals surface area (Å²) < 4.78 is 0.877. The van der Waals surface area contributed by atoms with E-state index in [1.54, 1.807) is 0 Å². The van der Waals surface area contributed by atoms with E-state index in [1.165, 1.54) is 0 Å². The molecule has 1 nitrogen and oxygen atoms in total. The third kappa shape index (κ3) is 2.15. The summed E-state index contributed by atoms with van der Waals surface area (Å²) in [7, 11) is 0. The fourth-order valence-corrected chi connectivity index (χ4v) is 1.85. The van der Waals surface area contributed by atoms with E-state index < -0.39 is 0 Å². The largest absolute Gasteiger partial charge is 0.294 e. The molecule has 0 N–H and O–H groups in total. The standard InChI is InChI=1S/C9H11IO/c1-6(2)7-3-4-9(11)8(10)5-7/h5,7H,1,3-4H2,2H3/t7-/m1/s1. The van der Waals surface area contributed by atoms with Crippen LogP contribution in [0.3, 0.4) is 0 Å². The number of ketones is 1. The van der Waals surface area contributed by atoms with Gasteiger partial charge < -0.3 is 0 Å². The zero-order valence-electron chi connectivity index (χ0n) is 6.56. The number of carbonyl (C=O) groups is 1.